The third-order valence-electron chi connectivity index (χ3n) is 5.75. The summed E-state index contributed by atoms with van der Waals surface area (Å²) >= 11 is 1.57. The molecule has 0 saturated carbocycles. The Morgan fingerprint density at radius 1 is 1.17 bits per heavy atom. The van der Waals surface area contributed by atoms with Gasteiger partial charge >= 0.3 is 0 Å². The van der Waals surface area contributed by atoms with Gasteiger partial charge in [0.15, 0.2) is 5.16 Å². The van der Waals surface area contributed by atoms with E-state index in [0.29, 0.717) is 0 Å². The Hall–Kier alpha value is -2.59. The quantitative estimate of drug-likeness (QED) is 0.308. The number of benzene rings is 2. The summed E-state index contributed by atoms with van der Waals surface area (Å²) in [6.07, 6.45) is 1.74. The minimum Gasteiger partial charge on any atom is -0.268 e. The van der Waals surface area contributed by atoms with E-state index in [1.165, 1.54) is 5.56 Å². The van der Waals surface area contributed by atoms with Crippen molar-refractivity contribution in [3.05, 3.63) is 88.2 Å². The molecule has 3 nitrogen and oxygen atoms in total. The van der Waals surface area contributed by atoms with Crippen LogP contribution in [-0.2, 0) is 11.8 Å². The van der Waals surface area contributed by atoms with E-state index in [0.717, 1.165) is 51.8 Å². The van der Waals surface area contributed by atoms with Gasteiger partial charge in [-0.15, -0.1) is 0 Å². The van der Waals surface area contributed by atoms with Gasteiger partial charge in [-0.05, 0) is 37.5 Å². The van der Waals surface area contributed by atoms with Crippen molar-refractivity contribution < 1.29 is 0 Å². The van der Waals surface area contributed by atoms with Crippen molar-refractivity contribution in [3.63, 3.8) is 0 Å². The van der Waals surface area contributed by atoms with Crippen LogP contribution in [-0.4, -0.2) is 15.3 Å². The van der Waals surface area contributed by atoms with Crippen LogP contribution < -0.4 is 5.56 Å². The van der Waals surface area contributed by atoms with E-state index < -0.39 is 0 Å². The fourth-order valence-electron chi connectivity index (χ4n) is 4.05. The smallest absolute Gasteiger partial charge is 0.263 e. The Balaban J connectivity index is 2.05. The molecule has 0 unspecified atom stereocenters. The van der Waals surface area contributed by atoms with Gasteiger partial charge < -0.3 is 0 Å². The number of hydrogen-bond acceptors (Lipinski definition) is 3. The highest BCUT2D eigenvalue weighted by molar-refractivity contribution is 7.99. The normalized spacial score (nSPS) is 17.5. The molecule has 1 heterocycles. The van der Waals surface area contributed by atoms with Crippen molar-refractivity contribution in [1.29, 1.82) is 0 Å². The highest BCUT2D eigenvalue weighted by Gasteiger charge is 2.38. The second kappa shape index (κ2) is 7.68. The van der Waals surface area contributed by atoms with Crippen LogP contribution in [0.2, 0.25) is 0 Å². The van der Waals surface area contributed by atoms with Crippen molar-refractivity contribution in [1.82, 2.24) is 9.55 Å². The van der Waals surface area contributed by atoms with Gasteiger partial charge in [-0.2, -0.15) is 0 Å². The molecule has 0 fully saturated rings. The van der Waals surface area contributed by atoms with Crippen molar-refractivity contribution >= 4 is 11.8 Å². The zero-order chi connectivity index (χ0) is 20.6. The van der Waals surface area contributed by atoms with Crippen molar-refractivity contribution in [3.8, 4) is 16.9 Å². The Morgan fingerprint density at radius 3 is 2.55 bits per heavy atom. The SMILES string of the molecule is C=C(C)CSc1nc2c(c(=O)n1-c1ccccc1)[C@](C)(CC)Cc1ccccc1-2. The molecule has 1 atom stereocenters. The molecule has 1 aliphatic rings. The first-order chi connectivity index (χ1) is 13.9. The Kier molecular flexibility index (Phi) is 5.22. The number of thioether (sulfide) groups is 1. The molecular weight excluding hydrogens is 376 g/mol. The summed E-state index contributed by atoms with van der Waals surface area (Å²) < 4.78 is 1.79. The first-order valence-corrected chi connectivity index (χ1v) is 11.0. The van der Waals surface area contributed by atoms with Gasteiger partial charge in [0, 0.05) is 16.7 Å². The molecule has 29 heavy (non-hydrogen) atoms. The van der Waals surface area contributed by atoms with Gasteiger partial charge in [0.05, 0.1) is 16.9 Å². The van der Waals surface area contributed by atoms with Gasteiger partial charge in [0.25, 0.3) is 5.56 Å². The Bertz CT molecular complexity index is 1130. The lowest BCUT2D eigenvalue weighted by Crippen LogP contribution is -2.39. The third-order valence-corrected chi connectivity index (χ3v) is 6.92. The lowest BCUT2D eigenvalue weighted by Gasteiger charge is -2.35. The van der Waals surface area contributed by atoms with Crippen LogP contribution in [0.5, 0.6) is 0 Å². The first kappa shape index (κ1) is 19.7. The summed E-state index contributed by atoms with van der Waals surface area (Å²) in [5, 5.41) is 0.720. The van der Waals surface area contributed by atoms with E-state index >= 15 is 0 Å². The molecule has 0 spiro atoms. The van der Waals surface area contributed by atoms with Crippen molar-refractivity contribution in [2.75, 3.05) is 5.75 Å². The zero-order valence-electron chi connectivity index (χ0n) is 17.2. The Morgan fingerprint density at radius 2 is 1.86 bits per heavy atom. The minimum absolute atomic E-state index is 0.0456. The maximum atomic E-state index is 14.0. The average Bonchev–Trinajstić information content (AvgIpc) is 2.72. The standard InChI is InChI=1S/C25H26N2OS/c1-5-25(4)15-18-11-9-10-14-20(18)22-21(25)23(28)27(19-12-7-6-8-13-19)24(26-22)29-16-17(2)3/h6-14H,2,5,15-16H2,1,3-4H3/t25-/m1/s1. The predicted molar refractivity (Wildman–Crippen MR) is 122 cm³/mol. The number of fused-ring (bicyclic) bond motifs is 3. The van der Waals surface area contributed by atoms with E-state index in [-0.39, 0.29) is 11.0 Å². The molecule has 0 amide bonds. The molecule has 0 saturated heterocycles. The van der Waals surface area contributed by atoms with E-state index in [1.807, 2.05) is 43.3 Å². The Labute approximate surface area is 176 Å². The predicted octanol–water partition coefficient (Wildman–Crippen LogP) is 5.79. The number of nitrogens with zero attached hydrogens (tertiary/aromatic N) is 2. The molecule has 0 aliphatic heterocycles. The second-order valence-corrected chi connectivity index (χ2v) is 9.03. The summed E-state index contributed by atoms with van der Waals surface area (Å²) in [5.74, 6) is 0.727. The summed E-state index contributed by atoms with van der Waals surface area (Å²) in [7, 11) is 0. The molecule has 0 radical (unpaired) electrons. The van der Waals surface area contributed by atoms with Crippen LogP contribution in [0.15, 0.2) is 76.7 Å². The maximum absolute atomic E-state index is 14.0. The largest absolute Gasteiger partial charge is 0.268 e. The molecule has 0 N–H and O–H groups in total. The van der Waals surface area contributed by atoms with E-state index in [9.17, 15) is 4.79 Å². The summed E-state index contributed by atoms with van der Waals surface area (Å²) in [6.45, 7) is 10.4. The topological polar surface area (TPSA) is 34.9 Å². The monoisotopic (exact) mass is 402 g/mol. The molecular formula is C25H26N2OS. The second-order valence-electron chi connectivity index (χ2n) is 8.09. The summed E-state index contributed by atoms with van der Waals surface area (Å²) in [5.41, 5.74) is 5.76. The fourth-order valence-corrected chi connectivity index (χ4v) is 4.89. The van der Waals surface area contributed by atoms with Gasteiger partial charge in [-0.3, -0.25) is 9.36 Å². The number of aromatic nitrogens is 2. The number of para-hydroxylation sites is 1. The molecule has 4 heteroatoms. The summed E-state index contributed by atoms with van der Waals surface area (Å²) in [6, 6.07) is 18.2. The van der Waals surface area contributed by atoms with Crippen LogP contribution >= 0.6 is 11.8 Å². The molecule has 4 rings (SSSR count). The fraction of sp³-hybridized carbons (Fsp3) is 0.280. The molecule has 1 aliphatic carbocycles. The van der Waals surface area contributed by atoms with Crippen LogP contribution in [0, 0.1) is 0 Å². The van der Waals surface area contributed by atoms with Gasteiger partial charge in [0.2, 0.25) is 0 Å². The van der Waals surface area contributed by atoms with Gasteiger partial charge in [-0.25, -0.2) is 4.98 Å². The molecule has 0 bridgehead atoms. The zero-order valence-corrected chi connectivity index (χ0v) is 18.1. The molecule has 1 aromatic heterocycles. The van der Waals surface area contributed by atoms with Gasteiger partial charge in [-0.1, -0.05) is 80.2 Å². The van der Waals surface area contributed by atoms with Crippen LogP contribution in [0.1, 0.15) is 38.3 Å². The number of rotatable bonds is 5. The number of hydrogen-bond donors (Lipinski definition) is 0. The molecule has 3 aromatic rings. The highest BCUT2D eigenvalue weighted by atomic mass is 32.2. The van der Waals surface area contributed by atoms with Crippen molar-refractivity contribution in [2.24, 2.45) is 0 Å². The van der Waals surface area contributed by atoms with Crippen molar-refractivity contribution in [2.45, 2.75) is 44.2 Å². The minimum atomic E-state index is -0.234. The van der Waals surface area contributed by atoms with Crippen LogP contribution in [0.25, 0.3) is 16.9 Å². The van der Waals surface area contributed by atoms with Gasteiger partial charge in [0.1, 0.15) is 0 Å². The maximum Gasteiger partial charge on any atom is 0.263 e. The lowest BCUT2D eigenvalue weighted by molar-refractivity contribution is 0.435. The first-order valence-electron chi connectivity index (χ1n) is 10.0. The van der Waals surface area contributed by atoms with E-state index in [2.05, 4.69) is 38.6 Å². The molecule has 2 aromatic carbocycles. The highest BCUT2D eigenvalue weighted by Crippen LogP contribution is 2.43. The summed E-state index contributed by atoms with van der Waals surface area (Å²) in [4.78, 5) is 19.0. The molecule has 148 valence electrons. The van der Waals surface area contributed by atoms with Crippen LogP contribution in [0.4, 0.5) is 0 Å². The average molecular weight is 403 g/mol. The van der Waals surface area contributed by atoms with E-state index in [4.69, 9.17) is 4.98 Å². The lowest BCUT2D eigenvalue weighted by atomic mass is 9.69. The third kappa shape index (κ3) is 3.46. The van der Waals surface area contributed by atoms with Crippen LogP contribution in [0.3, 0.4) is 0 Å². The van der Waals surface area contributed by atoms with E-state index in [1.54, 1.807) is 16.3 Å².